The van der Waals surface area contributed by atoms with E-state index in [1.165, 1.54) is 6.07 Å². The molecule has 0 atom stereocenters. The van der Waals surface area contributed by atoms with Crippen molar-refractivity contribution < 1.29 is 19.4 Å². The number of aliphatic hydroxyl groups is 1. The number of nitrogens with zero attached hydrogens (tertiary/aromatic N) is 2. The first kappa shape index (κ1) is 31.5. The van der Waals surface area contributed by atoms with Crippen LogP contribution in [-0.4, -0.2) is 26.2 Å². The highest BCUT2D eigenvalue weighted by Gasteiger charge is 2.26. The third-order valence-electron chi connectivity index (χ3n) is 9.17. The molecule has 250 valence electrons. The van der Waals surface area contributed by atoms with E-state index in [2.05, 4.69) is 20.6 Å². The lowest BCUT2D eigenvalue weighted by Gasteiger charge is -2.21. The van der Waals surface area contributed by atoms with Gasteiger partial charge in [-0.05, 0) is 60.2 Å². The van der Waals surface area contributed by atoms with E-state index < -0.39 is 5.97 Å². The number of carbonyl (C=O) groups is 1. The number of para-hydroxylation sites is 2. The van der Waals surface area contributed by atoms with Crippen LogP contribution in [0.3, 0.4) is 0 Å². The number of anilines is 3. The number of benzene rings is 5. The number of nitrogens with two attached hydrogens (primary N) is 1. The molecule has 0 fully saturated rings. The number of nitrogen functional groups attached to an aromatic ring is 1. The van der Waals surface area contributed by atoms with E-state index in [0.717, 1.165) is 22.0 Å². The highest BCUT2D eigenvalue weighted by Crippen LogP contribution is 2.44. The molecule has 0 amide bonds. The van der Waals surface area contributed by atoms with Gasteiger partial charge in [-0.15, -0.1) is 0 Å². The number of pyridine rings is 2. The molecule has 8 rings (SSSR count). The van der Waals surface area contributed by atoms with Crippen molar-refractivity contribution in [2.45, 2.75) is 19.7 Å². The largest absolute Gasteiger partial charge is 0.478 e. The van der Waals surface area contributed by atoms with Crippen molar-refractivity contribution in [1.82, 2.24) is 9.97 Å². The van der Waals surface area contributed by atoms with Crippen LogP contribution in [0.4, 0.5) is 17.1 Å². The average Bonchev–Trinajstić information content (AvgIpc) is 3.16. The number of aromatic nitrogens is 2. The molecule has 0 saturated heterocycles. The van der Waals surface area contributed by atoms with Crippen LogP contribution in [-0.2, 0) is 19.7 Å². The van der Waals surface area contributed by atoms with E-state index in [9.17, 15) is 19.8 Å². The second-order valence-electron chi connectivity index (χ2n) is 12.2. The van der Waals surface area contributed by atoms with Gasteiger partial charge in [0.1, 0.15) is 11.3 Å². The van der Waals surface area contributed by atoms with Gasteiger partial charge >= 0.3 is 5.97 Å². The summed E-state index contributed by atoms with van der Waals surface area (Å²) in [5.74, 6) is -0.776. The van der Waals surface area contributed by atoms with Crippen LogP contribution in [0.1, 0.15) is 27.2 Å². The van der Waals surface area contributed by atoms with Crippen molar-refractivity contribution in [2.24, 2.45) is 0 Å². The Kier molecular flexibility index (Phi) is 7.98. The Hall–Kier alpha value is -6.78. The third kappa shape index (κ3) is 5.63. The maximum atomic E-state index is 13.7. The molecule has 0 saturated carbocycles. The molecule has 4 aromatic carbocycles. The van der Waals surface area contributed by atoms with E-state index in [4.69, 9.17) is 10.2 Å². The van der Waals surface area contributed by atoms with Gasteiger partial charge in [-0.2, -0.15) is 0 Å². The molecule has 2 aromatic heterocycles. The van der Waals surface area contributed by atoms with E-state index in [0.29, 0.717) is 67.1 Å². The summed E-state index contributed by atoms with van der Waals surface area (Å²) in [4.78, 5) is 35.4. The summed E-state index contributed by atoms with van der Waals surface area (Å²) in [7, 11) is 0. The van der Waals surface area contributed by atoms with Gasteiger partial charge < -0.3 is 31.0 Å². The maximum Gasteiger partial charge on any atom is 0.336 e. The van der Waals surface area contributed by atoms with E-state index >= 15 is 0 Å². The minimum Gasteiger partial charge on any atom is -0.478 e. The molecule has 51 heavy (non-hydrogen) atoms. The number of fused-ring (bicyclic) bond motifs is 4. The summed E-state index contributed by atoms with van der Waals surface area (Å²) in [5.41, 5.74) is 13.5. The first-order valence-corrected chi connectivity index (χ1v) is 16.3. The molecule has 1 aliphatic heterocycles. The average molecular weight is 674 g/mol. The fraction of sp³-hybridized carbons (Fsp3) is 0.0732. The molecule has 0 radical (unpaired) electrons. The van der Waals surface area contributed by atoms with Crippen molar-refractivity contribution in [1.29, 1.82) is 0 Å². The van der Waals surface area contributed by atoms with Crippen LogP contribution in [0.25, 0.3) is 55.2 Å². The second kappa shape index (κ2) is 12.9. The predicted octanol–water partition coefficient (Wildman–Crippen LogP) is 7.66. The van der Waals surface area contributed by atoms with Gasteiger partial charge in [-0.25, -0.2) is 9.78 Å². The lowest BCUT2D eigenvalue weighted by Crippen LogP contribution is -2.15. The molecule has 6 aromatic rings. The molecule has 10 nitrogen and oxygen atoms in total. The summed E-state index contributed by atoms with van der Waals surface area (Å²) in [6.07, 6.45) is 1.74. The van der Waals surface area contributed by atoms with Crippen LogP contribution in [0, 0.1) is 0 Å². The van der Waals surface area contributed by atoms with Crippen LogP contribution >= 0.6 is 0 Å². The number of carboxylic acid groups (broad SMARTS) is 1. The Balaban J connectivity index is 1.32. The molecule has 1 aliphatic carbocycles. The zero-order valence-electron chi connectivity index (χ0n) is 27.2. The molecule has 0 spiro atoms. The Morgan fingerprint density at radius 3 is 2.25 bits per heavy atom. The number of aliphatic hydroxyl groups excluding tert-OH is 1. The quantitative estimate of drug-likeness (QED) is 0.0759. The molecule has 0 bridgehead atoms. The number of hydrogen-bond donors (Lipinski definition) is 5. The van der Waals surface area contributed by atoms with Crippen molar-refractivity contribution >= 4 is 55.8 Å². The highest BCUT2D eigenvalue weighted by molar-refractivity contribution is 6.09. The van der Waals surface area contributed by atoms with Crippen molar-refractivity contribution in [3.05, 3.63) is 148 Å². The summed E-state index contributed by atoms with van der Waals surface area (Å²) < 4.78 is 6.75. The van der Waals surface area contributed by atoms with Gasteiger partial charge in [0, 0.05) is 57.8 Å². The zero-order chi connectivity index (χ0) is 35.1. The summed E-state index contributed by atoms with van der Waals surface area (Å²) in [6.45, 7) is 0.127. The summed E-state index contributed by atoms with van der Waals surface area (Å²) >= 11 is 0. The lowest BCUT2D eigenvalue weighted by atomic mass is 9.88. The summed E-state index contributed by atoms with van der Waals surface area (Å²) in [5, 5.41) is 29.3. The van der Waals surface area contributed by atoms with E-state index in [1.807, 2.05) is 60.7 Å². The van der Waals surface area contributed by atoms with Crippen molar-refractivity contribution in [3.63, 3.8) is 0 Å². The maximum absolute atomic E-state index is 13.7. The molecular weight excluding hydrogens is 642 g/mol. The van der Waals surface area contributed by atoms with Gasteiger partial charge in [-0.3, -0.25) is 9.78 Å². The normalized spacial score (nSPS) is 11.4. The van der Waals surface area contributed by atoms with Crippen molar-refractivity contribution in [3.8, 4) is 22.5 Å². The smallest absolute Gasteiger partial charge is 0.336 e. The van der Waals surface area contributed by atoms with Gasteiger partial charge in [-0.1, -0.05) is 54.6 Å². The zero-order valence-corrected chi connectivity index (χ0v) is 27.2. The van der Waals surface area contributed by atoms with Gasteiger partial charge in [0.05, 0.1) is 45.8 Å². The third-order valence-corrected chi connectivity index (χ3v) is 9.17. The first-order valence-electron chi connectivity index (χ1n) is 16.3. The lowest BCUT2D eigenvalue weighted by molar-refractivity contribution is 0.0697. The van der Waals surface area contributed by atoms with Gasteiger partial charge in [0.2, 0.25) is 0 Å². The van der Waals surface area contributed by atoms with E-state index in [-0.39, 0.29) is 30.7 Å². The number of carboxylic acids is 1. The Morgan fingerprint density at radius 1 is 0.745 bits per heavy atom. The fourth-order valence-electron chi connectivity index (χ4n) is 6.69. The molecule has 6 N–H and O–H groups in total. The molecule has 0 unspecified atom stereocenters. The van der Waals surface area contributed by atoms with Crippen LogP contribution < -0.4 is 21.8 Å². The Morgan fingerprint density at radius 2 is 1.47 bits per heavy atom. The molecule has 3 heterocycles. The van der Waals surface area contributed by atoms with Crippen LogP contribution in [0.15, 0.2) is 125 Å². The second-order valence-corrected chi connectivity index (χ2v) is 12.2. The monoisotopic (exact) mass is 673 g/mol. The number of nitrogens with one attached hydrogen (secondary N) is 2. The van der Waals surface area contributed by atoms with Crippen molar-refractivity contribution in [2.75, 3.05) is 16.4 Å². The predicted molar refractivity (Wildman–Crippen MR) is 200 cm³/mol. The number of aromatic carboxylic acids is 1. The SMILES string of the molecule is Nc1ccc2c(-c3ccccc3C(=O)O)c3ccc(=O)c(CNc4cccc5ccc(CO)nc45)c-3oc2c1CNc1cccc2cccnc12. The number of hydrogen-bond acceptors (Lipinski definition) is 9. The first-order chi connectivity index (χ1) is 24.9. The minimum absolute atomic E-state index is 0.0763. The molecule has 10 heteroatoms. The Labute approximate surface area is 291 Å². The van der Waals surface area contributed by atoms with Gasteiger partial charge in [0.15, 0.2) is 5.43 Å². The van der Waals surface area contributed by atoms with Gasteiger partial charge in [0.25, 0.3) is 0 Å². The topological polar surface area (TPSA) is 164 Å². The Bertz CT molecular complexity index is 2670. The minimum atomic E-state index is -1.08. The van der Waals surface area contributed by atoms with Crippen LogP contribution in [0.5, 0.6) is 0 Å². The molecular formula is C41H31N5O5. The number of rotatable bonds is 9. The van der Waals surface area contributed by atoms with Crippen LogP contribution in [0.2, 0.25) is 0 Å². The summed E-state index contributed by atoms with van der Waals surface area (Å²) in [6, 6.07) is 32.6. The standard InChI is InChI=1S/C41H31N5O5/c42-32-17-15-28-36(26-9-1-2-10-27(26)41(49)50)29-16-18-35(48)31(21-45-34-12-4-7-24-13-14-25(22-47)46-38(24)34)40(29)51-39(28)30(32)20-44-33-11-3-6-23-8-5-19-43-37(23)33/h1-19,44-45,47H,20-22,42H2,(H,49,50). The highest BCUT2D eigenvalue weighted by atomic mass is 16.4. The fourth-order valence-corrected chi connectivity index (χ4v) is 6.69. The van der Waals surface area contributed by atoms with E-state index in [1.54, 1.807) is 48.7 Å². The molecule has 2 aliphatic rings.